The summed E-state index contributed by atoms with van der Waals surface area (Å²) in [6.07, 6.45) is 0. The lowest BCUT2D eigenvalue weighted by molar-refractivity contribution is -0.385. The molecule has 0 aliphatic carbocycles. The largest absolute Gasteiger partial charge is 0.492 e. The van der Waals surface area contributed by atoms with Gasteiger partial charge in [-0.1, -0.05) is 24.3 Å². The standard InChI is InChI=1S/C17H18N2O4/c1-13-8-9-14(12-16(13)19(21)22)17(20)18(2)10-11-23-15-6-4-3-5-7-15/h3-9,12H,10-11H2,1-2H3. The Morgan fingerprint density at radius 1 is 1.22 bits per heavy atom. The predicted octanol–water partition coefficient (Wildman–Crippen LogP) is 3.05. The van der Waals surface area contributed by atoms with Crippen molar-refractivity contribution < 1.29 is 14.5 Å². The lowest BCUT2D eigenvalue weighted by Gasteiger charge is -2.17. The zero-order valence-electron chi connectivity index (χ0n) is 13.1. The van der Waals surface area contributed by atoms with Crippen LogP contribution >= 0.6 is 0 Å². The molecule has 0 aliphatic rings. The van der Waals surface area contributed by atoms with Gasteiger partial charge in [-0.25, -0.2) is 0 Å². The van der Waals surface area contributed by atoms with Crippen molar-refractivity contribution in [1.29, 1.82) is 0 Å². The van der Waals surface area contributed by atoms with Gasteiger partial charge in [-0.15, -0.1) is 0 Å². The normalized spacial score (nSPS) is 10.2. The Labute approximate surface area is 134 Å². The van der Waals surface area contributed by atoms with Crippen LogP contribution in [0.3, 0.4) is 0 Å². The van der Waals surface area contributed by atoms with Crippen LogP contribution in [0.4, 0.5) is 5.69 Å². The smallest absolute Gasteiger partial charge is 0.273 e. The summed E-state index contributed by atoms with van der Waals surface area (Å²) in [4.78, 5) is 24.3. The van der Waals surface area contributed by atoms with E-state index in [-0.39, 0.29) is 11.6 Å². The molecule has 2 rings (SSSR count). The number of carbonyl (C=O) groups is 1. The fraction of sp³-hybridized carbons (Fsp3) is 0.235. The zero-order chi connectivity index (χ0) is 16.8. The summed E-state index contributed by atoms with van der Waals surface area (Å²) in [7, 11) is 1.64. The van der Waals surface area contributed by atoms with Gasteiger partial charge < -0.3 is 9.64 Å². The Morgan fingerprint density at radius 3 is 2.57 bits per heavy atom. The Balaban J connectivity index is 1.97. The molecule has 2 aromatic carbocycles. The van der Waals surface area contributed by atoms with Crippen LogP contribution in [-0.2, 0) is 0 Å². The number of rotatable bonds is 6. The van der Waals surface area contributed by atoms with Crippen molar-refractivity contribution in [3.05, 3.63) is 69.8 Å². The highest BCUT2D eigenvalue weighted by molar-refractivity contribution is 5.94. The number of hydrogen-bond donors (Lipinski definition) is 0. The van der Waals surface area contributed by atoms with Crippen LogP contribution in [0, 0.1) is 17.0 Å². The summed E-state index contributed by atoms with van der Waals surface area (Å²) in [6.45, 7) is 2.37. The van der Waals surface area contributed by atoms with Crippen molar-refractivity contribution >= 4 is 11.6 Å². The Morgan fingerprint density at radius 2 is 1.91 bits per heavy atom. The number of aryl methyl sites for hydroxylation is 1. The third-order valence-corrected chi connectivity index (χ3v) is 3.44. The van der Waals surface area contributed by atoms with Gasteiger partial charge in [0.1, 0.15) is 12.4 Å². The number of amides is 1. The number of ether oxygens (including phenoxy) is 1. The van der Waals surface area contributed by atoms with E-state index in [4.69, 9.17) is 4.74 Å². The van der Waals surface area contributed by atoms with Gasteiger partial charge in [-0.3, -0.25) is 14.9 Å². The first-order chi connectivity index (χ1) is 11.0. The van der Waals surface area contributed by atoms with Crippen LogP contribution in [0.2, 0.25) is 0 Å². The molecule has 1 amide bonds. The number of carbonyl (C=O) groups excluding carboxylic acids is 1. The van der Waals surface area contributed by atoms with Gasteiger partial charge in [0.15, 0.2) is 0 Å². The molecule has 0 bridgehead atoms. The fourth-order valence-electron chi connectivity index (χ4n) is 2.08. The maximum absolute atomic E-state index is 12.3. The third-order valence-electron chi connectivity index (χ3n) is 3.44. The van der Waals surface area contributed by atoms with Crippen LogP contribution in [-0.4, -0.2) is 35.9 Å². The molecular formula is C17H18N2O4. The predicted molar refractivity (Wildman–Crippen MR) is 86.7 cm³/mol. The van der Waals surface area contributed by atoms with Gasteiger partial charge in [-0.2, -0.15) is 0 Å². The molecule has 6 nitrogen and oxygen atoms in total. The van der Waals surface area contributed by atoms with Crippen molar-refractivity contribution in [3.63, 3.8) is 0 Å². The molecule has 0 radical (unpaired) electrons. The first-order valence-corrected chi connectivity index (χ1v) is 7.17. The monoisotopic (exact) mass is 314 g/mol. The lowest BCUT2D eigenvalue weighted by Crippen LogP contribution is -2.30. The number of nitrogens with zero attached hydrogens (tertiary/aromatic N) is 2. The molecule has 0 fully saturated rings. The van der Waals surface area contributed by atoms with E-state index < -0.39 is 4.92 Å². The van der Waals surface area contributed by atoms with Crippen LogP contribution in [0.1, 0.15) is 15.9 Å². The third kappa shape index (κ3) is 4.29. The molecule has 23 heavy (non-hydrogen) atoms. The molecule has 2 aromatic rings. The Bertz CT molecular complexity index is 701. The maximum atomic E-state index is 12.3. The van der Waals surface area contributed by atoms with Gasteiger partial charge in [0.05, 0.1) is 11.5 Å². The van der Waals surface area contributed by atoms with Crippen molar-refractivity contribution in [2.75, 3.05) is 20.2 Å². The van der Waals surface area contributed by atoms with E-state index in [1.165, 1.54) is 11.0 Å². The van der Waals surface area contributed by atoms with E-state index in [1.54, 1.807) is 26.1 Å². The number of nitro benzene ring substituents is 1. The summed E-state index contributed by atoms with van der Waals surface area (Å²) in [5.41, 5.74) is 0.774. The molecule has 0 aliphatic heterocycles. The highest BCUT2D eigenvalue weighted by Crippen LogP contribution is 2.20. The maximum Gasteiger partial charge on any atom is 0.273 e. The summed E-state index contributed by atoms with van der Waals surface area (Å²) >= 11 is 0. The van der Waals surface area contributed by atoms with Crippen molar-refractivity contribution in [2.24, 2.45) is 0 Å². The van der Waals surface area contributed by atoms with Crippen LogP contribution in [0.25, 0.3) is 0 Å². The van der Waals surface area contributed by atoms with E-state index >= 15 is 0 Å². The molecule has 0 atom stereocenters. The number of nitro groups is 1. The summed E-state index contributed by atoms with van der Waals surface area (Å²) < 4.78 is 5.54. The van der Waals surface area contributed by atoms with Gasteiger partial charge in [0, 0.05) is 24.2 Å². The van der Waals surface area contributed by atoms with Gasteiger partial charge in [0.25, 0.3) is 11.6 Å². The number of para-hydroxylation sites is 1. The second-order valence-corrected chi connectivity index (χ2v) is 5.15. The highest BCUT2D eigenvalue weighted by Gasteiger charge is 2.17. The second-order valence-electron chi connectivity index (χ2n) is 5.15. The SMILES string of the molecule is Cc1ccc(C(=O)N(C)CCOc2ccccc2)cc1[N+](=O)[O-]. The zero-order valence-corrected chi connectivity index (χ0v) is 13.1. The Kier molecular flexibility index (Phi) is 5.30. The van der Waals surface area contributed by atoms with Crippen molar-refractivity contribution in [3.8, 4) is 5.75 Å². The molecule has 0 heterocycles. The van der Waals surface area contributed by atoms with E-state index in [2.05, 4.69) is 0 Å². The van der Waals surface area contributed by atoms with Crippen LogP contribution < -0.4 is 4.74 Å². The molecule has 0 N–H and O–H groups in total. The van der Waals surface area contributed by atoms with E-state index in [9.17, 15) is 14.9 Å². The highest BCUT2D eigenvalue weighted by atomic mass is 16.6. The second kappa shape index (κ2) is 7.40. The molecule has 120 valence electrons. The molecule has 0 saturated heterocycles. The van der Waals surface area contributed by atoms with Crippen LogP contribution in [0.15, 0.2) is 48.5 Å². The van der Waals surface area contributed by atoms with Crippen LogP contribution in [0.5, 0.6) is 5.75 Å². The number of hydrogen-bond acceptors (Lipinski definition) is 4. The minimum Gasteiger partial charge on any atom is -0.492 e. The summed E-state index contributed by atoms with van der Waals surface area (Å²) in [6, 6.07) is 13.8. The summed E-state index contributed by atoms with van der Waals surface area (Å²) in [5.74, 6) is 0.462. The molecule has 0 spiro atoms. The Hall–Kier alpha value is -2.89. The van der Waals surface area contributed by atoms with Gasteiger partial charge in [-0.05, 0) is 25.1 Å². The molecular weight excluding hydrogens is 296 g/mol. The molecule has 6 heteroatoms. The minimum absolute atomic E-state index is 0.0511. The van der Waals surface area contributed by atoms with E-state index in [0.29, 0.717) is 24.3 Å². The first kappa shape index (κ1) is 16.5. The fourth-order valence-corrected chi connectivity index (χ4v) is 2.08. The number of likely N-dealkylation sites (N-methyl/N-ethyl adjacent to an activating group) is 1. The average molecular weight is 314 g/mol. The lowest BCUT2D eigenvalue weighted by atomic mass is 10.1. The molecule has 0 aromatic heterocycles. The van der Waals surface area contributed by atoms with Crippen molar-refractivity contribution in [1.82, 2.24) is 4.90 Å². The van der Waals surface area contributed by atoms with Gasteiger partial charge >= 0.3 is 0 Å². The van der Waals surface area contributed by atoms with Crippen molar-refractivity contribution in [2.45, 2.75) is 6.92 Å². The van der Waals surface area contributed by atoms with Gasteiger partial charge in [0.2, 0.25) is 0 Å². The molecule has 0 unspecified atom stereocenters. The van der Waals surface area contributed by atoms with E-state index in [0.717, 1.165) is 5.75 Å². The topological polar surface area (TPSA) is 72.7 Å². The number of benzene rings is 2. The average Bonchev–Trinajstić information content (AvgIpc) is 2.55. The molecule has 0 saturated carbocycles. The quantitative estimate of drug-likeness (QED) is 0.607. The summed E-state index contributed by atoms with van der Waals surface area (Å²) in [5, 5.41) is 11.0. The van der Waals surface area contributed by atoms with E-state index in [1.807, 2.05) is 30.3 Å². The first-order valence-electron chi connectivity index (χ1n) is 7.17. The minimum atomic E-state index is -0.482.